The lowest BCUT2D eigenvalue weighted by Gasteiger charge is -2.22. The Morgan fingerprint density at radius 1 is 1.50 bits per heavy atom. The Hall–Kier alpha value is -1.88. The van der Waals surface area contributed by atoms with Crippen molar-refractivity contribution in [3.63, 3.8) is 0 Å². The Morgan fingerprint density at radius 2 is 2.44 bits per heavy atom. The summed E-state index contributed by atoms with van der Waals surface area (Å²) in [6.07, 6.45) is 5.72. The minimum atomic E-state index is -0.0718. The molecule has 3 rings (SSSR count). The molecule has 94 valence electrons. The summed E-state index contributed by atoms with van der Waals surface area (Å²) in [6.45, 7) is 1.47. The maximum absolute atomic E-state index is 11.6. The van der Waals surface area contributed by atoms with E-state index in [1.54, 1.807) is 0 Å². The molecule has 5 nitrogen and oxygen atoms in total. The number of fused-ring (bicyclic) bond motifs is 1. The first-order valence-electron chi connectivity index (χ1n) is 6.27. The molecule has 0 radical (unpaired) electrons. The number of aromatic nitrogens is 2. The molecule has 1 amide bonds. The number of nitrogens with zero attached hydrogens (tertiary/aromatic N) is 2. The first kappa shape index (κ1) is 11.2. The van der Waals surface area contributed by atoms with E-state index in [0.29, 0.717) is 6.54 Å². The van der Waals surface area contributed by atoms with Crippen molar-refractivity contribution in [2.75, 3.05) is 6.54 Å². The first-order valence-corrected chi connectivity index (χ1v) is 6.27. The van der Waals surface area contributed by atoms with Crippen LogP contribution in [0.25, 0.3) is 5.52 Å². The van der Waals surface area contributed by atoms with Gasteiger partial charge in [-0.05, 0) is 25.0 Å². The van der Waals surface area contributed by atoms with E-state index in [0.717, 1.165) is 30.5 Å². The van der Waals surface area contributed by atoms with E-state index in [4.69, 9.17) is 0 Å². The number of hydrogen-bond acceptors (Lipinski definition) is 3. The lowest BCUT2D eigenvalue weighted by atomic mass is 10.1. The van der Waals surface area contributed by atoms with Crippen molar-refractivity contribution in [3.05, 3.63) is 36.2 Å². The van der Waals surface area contributed by atoms with Gasteiger partial charge >= 0.3 is 0 Å². The normalized spacial score (nSPS) is 20.0. The van der Waals surface area contributed by atoms with Crippen molar-refractivity contribution in [1.29, 1.82) is 0 Å². The van der Waals surface area contributed by atoms with Gasteiger partial charge in [0.2, 0.25) is 5.91 Å². The standard InChI is InChI=1S/C13H16N4O/c18-13-11(4-3-6-14-13)15-8-10-9-16-17-7-2-1-5-12(10)17/h1-2,5,7,9,11,15H,3-4,6,8H2,(H,14,18). The van der Waals surface area contributed by atoms with Crippen molar-refractivity contribution < 1.29 is 4.79 Å². The number of pyridine rings is 1. The average Bonchev–Trinajstić information content (AvgIpc) is 2.81. The van der Waals surface area contributed by atoms with Crippen LogP contribution in [0.2, 0.25) is 0 Å². The molecule has 18 heavy (non-hydrogen) atoms. The van der Waals surface area contributed by atoms with Crippen LogP contribution in [0.15, 0.2) is 30.6 Å². The van der Waals surface area contributed by atoms with Crippen molar-refractivity contribution in [3.8, 4) is 0 Å². The van der Waals surface area contributed by atoms with Gasteiger partial charge in [-0.1, -0.05) is 6.07 Å². The van der Waals surface area contributed by atoms with Gasteiger partial charge in [0.1, 0.15) is 0 Å². The zero-order valence-electron chi connectivity index (χ0n) is 10.1. The summed E-state index contributed by atoms with van der Waals surface area (Å²) in [5, 5.41) is 10.5. The van der Waals surface area contributed by atoms with Crippen LogP contribution in [0.1, 0.15) is 18.4 Å². The van der Waals surface area contributed by atoms with E-state index in [-0.39, 0.29) is 11.9 Å². The monoisotopic (exact) mass is 244 g/mol. The molecule has 1 aliphatic rings. The minimum Gasteiger partial charge on any atom is -0.355 e. The number of hydrogen-bond donors (Lipinski definition) is 2. The Balaban J connectivity index is 1.71. The number of nitrogens with one attached hydrogen (secondary N) is 2. The molecule has 0 saturated carbocycles. The van der Waals surface area contributed by atoms with Crippen LogP contribution in [0.5, 0.6) is 0 Å². The summed E-state index contributed by atoms with van der Waals surface area (Å²) in [5.74, 6) is 0.109. The fourth-order valence-electron chi connectivity index (χ4n) is 2.32. The molecule has 1 aliphatic heterocycles. The van der Waals surface area contributed by atoms with Gasteiger partial charge in [0.05, 0.1) is 17.8 Å². The predicted octanol–water partition coefficient (Wildman–Crippen LogP) is 0.703. The van der Waals surface area contributed by atoms with Crippen LogP contribution < -0.4 is 10.6 Å². The number of carbonyl (C=O) groups is 1. The third-order valence-electron chi connectivity index (χ3n) is 3.33. The van der Waals surface area contributed by atoms with Gasteiger partial charge in [-0.15, -0.1) is 0 Å². The second kappa shape index (κ2) is 4.78. The van der Waals surface area contributed by atoms with E-state index in [9.17, 15) is 4.79 Å². The Morgan fingerprint density at radius 3 is 3.33 bits per heavy atom. The topological polar surface area (TPSA) is 58.4 Å². The molecule has 3 heterocycles. The van der Waals surface area contributed by atoms with Gasteiger partial charge in [0, 0.05) is 24.8 Å². The van der Waals surface area contributed by atoms with Crippen molar-refractivity contribution in [2.24, 2.45) is 0 Å². The molecule has 0 aliphatic carbocycles. The summed E-state index contributed by atoms with van der Waals surface area (Å²) in [5.41, 5.74) is 2.20. The second-order valence-corrected chi connectivity index (χ2v) is 4.57. The molecule has 1 unspecified atom stereocenters. The van der Waals surface area contributed by atoms with Crippen LogP contribution in [-0.2, 0) is 11.3 Å². The summed E-state index contributed by atoms with van der Waals surface area (Å²) in [6, 6.07) is 5.90. The highest BCUT2D eigenvalue weighted by Crippen LogP contribution is 2.11. The molecule has 1 fully saturated rings. The van der Waals surface area contributed by atoms with Gasteiger partial charge in [0.15, 0.2) is 0 Å². The Labute approximate surface area is 105 Å². The van der Waals surface area contributed by atoms with E-state index < -0.39 is 0 Å². The SMILES string of the molecule is O=C1NCCCC1NCc1cnn2ccccc12. The number of carbonyl (C=O) groups excluding carboxylic acids is 1. The van der Waals surface area contributed by atoms with E-state index in [1.165, 1.54) is 0 Å². The van der Waals surface area contributed by atoms with E-state index in [2.05, 4.69) is 15.7 Å². The lowest BCUT2D eigenvalue weighted by molar-refractivity contribution is -0.124. The highest BCUT2D eigenvalue weighted by Gasteiger charge is 2.21. The third kappa shape index (κ3) is 2.09. The Bertz CT molecular complexity index is 563. The molecule has 2 aromatic heterocycles. The molecule has 0 aromatic carbocycles. The van der Waals surface area contributed by atoms with Crippen molar-refractivity contribution in [1.82, 2.24) is 20.2 Å². The van der Waals surface area contributed by atoms with E-state index >= 15 is 0 Å². The molecule has 1 atom stereocenters. The number of amides is 1. The molecular formula is C13H16N4O. The van der Waals surface area contributed by atoms with Crippen LogP contribution in [0.4, 0.5) is 0 Å². The molecule has 2 N–H and O–H groups in total. The van der Waals surface area contributed by atoms with Gasteiger partial charge in [-0.25, -0.2) is 4.52 Å². The highest BCUT2D eigenvalue weighted by atomic mass is 16.2. The van der Waals surface area contributed by atoms with Crippen LogP contribution in [-0.4, -0.2) is 28.1 Å². The Kier molecular flexibility index (Phi) is 2.98. The number of piperidine rings is 1. The molecule has 2 aromatic rings. The first-order chi connectivity index (χ1) is 8.84. The largest absolute Gasteiger partial charge is 0.355 e. The van der Waals surface area contributed by atoms with Gasteiger partial charge in [0.25, 0.3) is 0 Å². The number of rotatable bonds is 3. The van der Waals surface area contributed by atoms with Crippen molar-refractivity contribution >= 4 is 11.4 Å². The maximum Gasteiger partial charge on any atom is 0.237 e. The van der Waals surface area contributed by atoms with Gasteiger partial charge in [-0.3, -0.25) is 4.79 Å². The van der Waals surface area contributed by atoms with Crippen molar-refractivity contribution in [2.45, 2.75) is 25.4 Å². The third-order valence-corrected chi connectivity index (χ3v) is 3.33. The zero-order valence-corrected chi connectivity index (χ0v) is 10.1. The summed E-state index contributed by atoms with van der Waals surface area (Å²) in [7, 11) is 0. The smallest absolute Gasteiger partial charge is 0.237 e. The molecule has 0 bridgehead atoms. The van der Waals surface area contributed by atoms with Gasteiger partial charge < -0.3 is 10.6 Å². The molecular weight excluding hydrogens is 228 g/mol. The minimum absolute atomic E-state index is 0.0718. The lowest BCUT2D eigenvalue weighted by Crippen LogP contribution is -2.47. The maximum atomic E-state index is 11.6. The highest BCUT2D eigenvalue weighted by molar-refractivity contribution is 5.82. The zero-order chi connectivity index (χ0) is 12.4. The van der Waals surface area contributed by atoms with Crippen LogP contribution in [0.3, 0.4) is 0 Å². The van der Waals surface area contributed by atoms with Crippen LogP contribution in [0, 0.1) is 0 Å². The fourth-order valence-corrected chi connectivity index (χ4v) is 2.32. The summed E-state index contributed by atoms with van der Waals surface area (Å²) < 4.78 is 1.85. The molecule has 0 spiro atoms. The predicted molar refractivity (Wildman–Crippen MR) is 68.1 cm³/mol. The average molecular weight is 244 g/mol. The molecule has 1 saturated heterocycles. The molecule has 5 heteroatoms. The fraction of sp³-hybridized carbons (Fsp3) is 0.385. The quantitative estimate of drug-likeness (QED) is 0.835. The van der Waals surface area contributed by atoms with Gasteiger partial charge in [-0.2, -0.15) is 5.10 Å². The summed E-state index contributed by atoms with van der Waals surface area (Å²) >= 11 is 0. The van der Waals surface area contributed by atoms with E-state index in [1.807, 2.05) is 35.1 Å². The van der Waals surface area contributed by atoms with Crippen LogP contribution >= 0.6 is 0 Å². The summed E-state index contributed by atoms with van der Waals surface area (Å²) in [4.78, 5) is 11.6. The second-order valence-electron chi connectivity index (χ2n) is 4.57.